The van der Waals surface area contributed by atoms with Gasteiger partial charge in [-0.1, -0.05) is 260 Å². The lowest BCUT2D eigenvalue weighted by atomic mass is 9.33. The van der Waals surface area contributed by atoms with E-state index in [9.17, 15) is 24.7 Å². The molecule has 6 nitrogen and oxygen atoms in total. The largest absolute Gasteiger partial charge is 0.311 e. The van der Waals surface area contributed by atoms with Crippen LogP contribution in [0, 0.1) is 0 Å². The summed E-state index contributed by atoms with van der Waals surface area (Å²) in [4.78, 5) is 4.19. The molecule has 4 aromatic heterocycles. The van der Waals surface area contributed by atoms with Crippen LogP contribution in [0.25, 0.3) is 154 Å². The molecule has 7 heteroatoms. The van der Waals surface area contributed by atoms with Gasteiger partial charge in [0.15, 0.2) is 0 Å². The van der Waals surface area contributed by atoms with Crippen LogP contribution < -0.4 is 26.2 Å². The number of benzene rings is 17. The Morgan fingerprint density at radius 3 is 0.881 bits per heavy atom. The lowest BCUT2D eigenvalue weighted by Crippen LogP contribution is -2.61. The van der Waals surface area contributed by atoms with Crippen LogP contribution in [0.4, 0.5) is 34.1 Å². The number of hydrogen-bond donors (Lipinski definition) is 0. The highest BCUT2D eigenvalue weighted by Gasteiger charge is 2.45. The molecule has 0 N–H and O–H groups in total. The minimum absolute atomic E-state index is 0.134. The third kappa shape index (κ3) is 9.37. The molecule has 21 aromatic rings. The molecule has 0 radical (unpaired) electrons. The SMILES string of the molecule is [2H]c1c([2H])c([2H])c2c(c1[2H])c1cc(-n3c4ccccc4c4ccccc43)ccc1n2-c1ccc2c(c1)N(c1cc(-c3ccccc3)cc(-c3ccccc3)c1)c1cc(-n3c4c([2H])c([2H])c([2H])c([2H])c4c4c([2H])c([2H])c([2H])c([2H])c43)cc3c1B2c1ccc(-n2c4c([2H])c([2H])c([2H])c([2H])c4c4c([2H])c([2H])c([2H])c([2H])c42)cc1N3c1cc(-c2ccccc2)cc(-c2ccccc2)c1. The number of rotatable bonds is 10. The van der Waals surface area contributed by atoms with Crippen molar-refractivity contribution in [3.05, 3.63) is 394 Å². The zero-order valence-electron chi connectivity index (χ0n) is 77.7. The molecular formula is C102H65BN6. The van der Waals surface area contributed by atoms with Gasteiger partial charge >= 0.3 is 0 Å². The number of aromatic nitrogens is 4. The van der Waals surface area contributed by atoms with Gasteiger partial charge in [0.1, 0.15) is 0 Å². The molecule has 109 heavy (non-hydrogen) atoms. The highest BCUT2D eigenvalue weighted by atomic mass is 15.2. The predicted octanol–water partition coefficient (Wildman–Crippen LogP) is 24.8. The molecule has 0 saturated carbocycles. The number of anilines is 6. The smallest absolute Gasteiger partial charge is 0.252 e. The molecule has 506 valence electrons. The summed E-state index contributed by atoms with van der Waals surface area (Å²) in [6.45, 7) is -0.925. The molecule has 23 rings (SSSR count). The van der Waals surface area contributed by atoms with E-state index in [1.165, 1.54) is 9.13 Å². The first-order valence-corrected chi connectivity index (χ1v) is 36.0. The summed E-state index contributed by atoms with van der Waals surface area (Å²) in [5.41, 5.74) is 14.7. The lowest BCUT2D eigenvalue weighted by Gasteiger charge is -2.45. The van der Waals surface area contributed by atoms with Gasteiger partial charge in [-0.3, -0.25) is 0 Å². The van der Waals surface area contributed by atoms with Crippen molar-refractivity contribution >= 4 is 144 Å². The molecule has 0 spiro atoms. The third-order valence-electron chi connectivity index (χ3n) is 21.9. The molecule has 0 amide bonds. The summed E-state index contributed by atoms with van der Waals surface area (Å²) in [7, 11) is 0. The Kier molecular flexibility index (Phi) is 9.81. The summed E-state index contributed by atoms with van der Waals surface area (Å²) in [5.74, 6) is 0. The van der Waals surface area contributed by atoms with Crippen LogP contribution in [0.2, 0.25) is 0 Å². The maximum Gasteiger partial charge on any atom is 0.252 e. The molecule has 0 bridgehead atoms. The van der Waals surface area contributed by atoms with Crippen LogP contribution in [-0.4, -0.2) is 25.0 Å². The Bertz CT molecular complexity index is 8270. The fourth-order valence-corrected chi connectivity index (χ4v) is 17.3. The Balaban J connectivity index is 0.912. The van der Waals surface area contributed by atoms with E-state index in [0.717, 1.165) is 72.0 Å². The van der Waals surface area contributed by atoms with Crippen LogP contribution in [-0.2, 0) is 0 Å². The van der Waals surface area contributed by atoms with Crippen LogP contribution in [0.5, 0.6) is 0 Å². The maximum absolute atomic E-state index is 10.2. The van der Waals surface area contributed by atoms with Crippen molar-refractivity contribution in [2.45, 2.75) is 0 Å². The molecule has 0 atom stereocenters. The van der Waals surface area contributed by atoms with Gasteiger partial charge in [-0.15, -0.1) is 0 Å². The summed E-state index contributed by atoms with van der Waals surface area (Å²) in [5, 5.41) is 2.17. The van der Waals surface area contributed by atoms with Crippen molar-refractivity contribution in [3.8, 4) is 67.3 Å². The third-order valence-corrected chi connectivity index (χ3v) is 21.9. The van der Waals surface area contributed by atoms with Crippen LogP contribution >= 0.6 is 0 Å². The van der Waals surface area contributed by atoms with Crippen molar-refractivity contribution < 1.29 is 27.4 Å². The van der Waals surface area contributed by atoms with Gasteiger partial charge in [-0.25, -0.2) is 0 Å². The van der Waals surface area contributed by atoms with E-state index in [2.05, 4.69) is 62.9 Å². The predicted molar refractivity (Wildman–Crippen MR) is 460 cm³/mol. The van der Waals surface area contributed by atoms with E-state index in [-0.39, 0.29) is 78.0 Å². The Morgan fingerprint density at radius 1 is 0.193 bits per heavy atom. The monoisotopic (exact) mass is 1400 g/mol. The molecule has 0 aliphatic carbocycles. The van der Waals surface area contributed by atoms with Gasteiger partial charge in [0.2, 0.25) is 0 Å². The lowest BCUT2D eigenvalue weighted by molar-refractivity contribution is 1.15. The van der Waals surface area contributed by atoms with Crippen molar-refractivity contribution in [3.63, 3.8) is 0 Å². The Morgan fingerprint density at radius 2 is 0.486 bits per heavy atom. The Labute approximate surface area is 658 Å². The molecule has 6 heterocycles. The quantitative estimate of drug-likeness (QED) is 0.128. The zero-order chi connectivity index (χ0) is 88.8. The summed E-state index contributed by atoms with van der Waals surface area (Å²) in [6.07, 6.45) is 0. The normalized spacial score (nSPS) is 15.1. The van der Waals surface area contributed by atoms with E-state index in [1.807, 2.05) is 223 Å². The average Bonchev–Trinajstić information content (AvgIpc) is 1.48. The number of para-hydroxylation sites is 7. The zero-order valence-corrected chi connectivity index (χ0v) is 57.7. The molecule has 0 fully saturated rings. The van der Waals surface area contributed by atoms with Crippen molar-refractivity contribution in [1.29, 1.82) is 0 Å². The van der Waals surface area contributed by atoms with E-state index >= 15 is 0 Å². The fourth-order valence-electron chi connectivity index (χ4n) is 17.3. The van der Waals surface area contributed by atoms with E-state index < -0.39 is 115 Å². The van der Waals surface area contributed by atoms with E-state index in [4.69, 9.17) is 2.74 Å². The first-order valence-electron chi connectivity index (χ1n) is 46.0. The summed E-state index contributed by atoms with van der Waals surface area (Å²) < 4.78 is 200. The molecule has 2 aliphatic heterocycles. The summed E-state index contributed by atoms with van der Waals surface area (Å²) in [6, 6.07) is 78.5. The van der Waals surface area contributed by atoms with Gasteiger partial charge < -0.3 is 28.1 Å². The Hall–Kier alpha value is -14.4. The number of nitrogens with zero attached hydrogens (tertiary/aromatic N) is 6. The minimum Gasteiger partial charge on any atom is -0.311 e. The van der Waals surface area contributed by atoms with Gasteiger partial charge in [-0.05, 0) is 194 Å². The molecule has 0 saturated heterocycles. The minimum atomic E-state index is -0.925. The van der Waals surface area contributed by atoms with Gasteiger partial charge in [-0.2, -0.15) is 0 Å². The van der Waals surface area contributed by atoms with Gasteiger partial charge in [0, 0.05) is 94.3 Å². The van der Waals surface area contributed by atoms with E-state index in [0.29, 0.717) is 67.1 Å². The van der Waals surface area contributed by atoms with Gasteiger partial charge in [0.25, 0.3) is 6.71 Å². The standard InChI is InChI=1S/C102H65BN6/c1-5-27-66(28-6-1)70-55-71(67-29-7-2-8-30-67)58-77(57-70)108-98-62-75(105-92-44-22-15-37-82(92)83-38-16-23-45-93(83)105)49-52-88(98)103-89-53-50-76(106-96-48-26-19-41-86(96)87-61-74(51-54-97(87)106)104-90-42-20-13-35-80(90)81-36-14-21-43-91(81)104)63-99(89)109(78-59-72(68-31-9-3-10-32-68)56-73(60-78)69-33-11-4-12-34-69)101-65-79(64-100(108)102(101)103)107-94-46-24-17-39-84(94)85-40-18-25-47-95(85)107/h1-65H/i15D,16D,17D,18D,19D,22D,23D,24D,25D,26D,37D,38D,39D,40D,41D,44D,45D,46D,47D,48D. The molecule has 2 aliphatic rings. The van der Waals surface area contributed by atoms with Crippen molar-refractivity contribution in [1.82, 2.24) is 18.3 Å². The second-order valence-electron chi connectivity index (χ2n) is 27.7. The average molecular weight is 1410 g/mol. The topological polar surface area (TPSA) is 26.2 Å². The highest BCUT2D eigenvalue weighted by Crippen LogP contribution is 2.51. The maximum atomic E-state index is 10.2. The fraction of sp³-hybridized carbons (Fsp3) is 0. The highest BCUT2D eigenvalue weighted by molar-refractivity contribution is 7.00. The second kappa shape index (κ2) is 24.1. The molecule has 0 unspecified atom stereocenters. The van der Waals surface area contributed by atoms with Crippen molar-refractivity contribution in [2.75, 3.05) is 9.80 Å². The first kappa shape index (κ1) is 44.4. The molecular weight excluding hydrogens is 1320 g/mol. The van der Waals surface area contributed by atoms with Crippen LogP contribution in [0.3, 0.4) is 0 Å². The first-order chi connectivity index (χ1) is 62.4. The van der Waals surface area contributed by atoms with Crippen LogP contribution in [0.1, 0.15) is 27.4 Å². The second-order valence-corrected chi connectivity index (χ2v) is 27.7. The summed E-state index contributed by atoms with van der Waals surface area (Å²) >= 11 is 0. The van der Waals surface area contributed by atoms with Crippen LogP contribution in [0.15, 0.2) is 394 Å². The van der Waals surface area contributed by atoms with Crippen molar-refractivity contribution in [2.24, 2.45) is 0 Å². The number of hydrogen-bond acceptors (Lipinski definition) is 2. The van der Waals surface area contributed by atoms with Gasteiger partial charge in [0.05, 0.1) is 77.2 Å². The molecule has 17 aromatic carbocycles. The number of fused-ring (bicyclic) bond motifs is 16. The van der Waals surface area contributed by atoms with E-state index in [1.54, 1.807) is 6.07 Å².